The molecular weight excluding hydrogens is 248 g/mol. The summed E-state index contributed by atoms with van der Waals surface area (Å²) in [5.41, 5.74) is 8.44. The van der Waals surface area contributed by atoms with E-state index in [1.165, 1.54) is 11.1 Å². The van der Waals surface area contributed by atoms with Gasteiger partial charge >= 0.3 is 0 Å². The molecule has 0 radical (unpaired) electrons. The number of carbonyl (C=O) groups is 1. The van der Waals surface area contributed by atoms with Crippen LogP contribution in [0.2, 0.25) is 0 Å². The van der Waals surface area contributed by atoms with E-state index in [0.717, 1.165) is 19.4 Å². The second-order valence-electron chi connectivity index (χ2n) is 5.03. The van der Waals surface area contributed by atoms with Gasteiger partial charge in [-0.1, -0.05) is 24.3 Å². The van der Waals surface area contributed by atoms with E-state index < -0.39 is 0 Å². The highest BCUT2D eigenvalue weighted by Crippen LogP contribution is 2.25. The van der Waals surface area contributed by atoms with Crippen LogP contribution < -0.4 is 11.1 Å². The quantitative estimate of drug-likeness (QED) is 0.873. The summed E-state index contributed by atoms with van der Waals surface area (Å²) in [6.45, 7) is 2.62. The predicted molar refractivity (Wildman–Crippen MR) is 75.9 cm³/mol. The number of nitrogens with one attached hydrogen (secondary N) is 1. The van der Waals surface area contributed by atoms with Crippen LogP contribution in [-0.4, -0.2) is 18.5 Å². The van der Waals surface area contributed by atoms with Crippen LogP contribution in [0.25, 0.3) is 0 Å². The fourth-order valence-electron chi connectivity index (χ4n) is 2.42. The molecule has 0 bridgehead atoms. The van der Waals surface area contributed by atoms with Crippen molar-refractivity contribution in [3.8, 4) is 0 Å². The van der Waals surface area contributed by atoms with Crippen molar-refractivity contribution in [1.29, 1.82) is 0 Å². The number of halogens is 1. The molecule has 1 aromatic carbocycles. The van der Waals surface area contributed by atoms with Gasteiger partial charge in [0.15, 0.2) is 0 Å². The van der Waals surface area contributed by atoms with Gasteiger partial charge in [-0.3, -0.25) is 4.79 Å². The Kier molecular flexibility index (Phi) is 5.63. The first-order valence-electron chi connectivity index (χ1n) is 6.24. The molecule has 1 amide bonds. The first-order valence-corrected chi connectivity index (χ1v) is 6.24. The van der Waals surface area contributed by atoms with Gasteiger partial charge < -0.3 is 11.1 Å². The SMILES string of the molecule is CC(N)CC(=O)NCC1Cc2ccccc2C1.Cl. The topological polar surface area (TPSA) is 55.1 Å². The maximum Gasteiger partial charge on any atom is 0.221 e. The van der Waals surface area contributed by atoms with Crippen molar-refractivity contribution in [2.75, 3.05) is 6.54 Å². The molecular formula is C14H21ClN2O. The molecule has 0 aliphatic heterocycles. The third kappa shape index (κ3) is 4.00. The van der Waals surface area contributed by atoms with Crippen molar-refractivity contribution in [3.05, 3.63) is 35.4 Å². The number of amides is 1. The van der Waals surface area contributed by atoms with Gasteiger partial charge in [-0.05, 0) is 36.8 Å². The van der Waals surface area contributed by atoms with Crippen LogP contribution in [0.15, 0.2) is 24.3 Å². The lowest BCUT2D eigenvalue weighted by Gasteiger charge is -2.11. The molecule has 1 aliphatic carbocycles. The maximum atomic E-state index is 11.5. The molecule has 0 saturated carbocycles. The Balaban J connectivity index is 0.00000162. The molecule has 1 atom stereocenters. The van der Waals surface area contributed by atoms with Crippen LogP contribution in [0.5, 0.6) is 0 Å². The Morgan fingerprint density at radius 2 is 1.94 bits per heavy atom. The van der Waals surface area contributed by atoms with E-state index in [1.54, 1.807) is 0 Å². The Morgan fingerprint density at radius 1 is 1.39 bits per heavy atom. The van der Waals surface area contributed by atoms with Crippen molar-refractivity contribution < 1.29 is 4.79 Å². The van der Waals surface area contributed by atoms with E-state index in [0.29, 0.717) is 12.3 Å². The van der Waals surface area contributed by atoms with E-state index in [4.69, 9.17) is 5.73 Å². The highest BCUT2D eigenvalue weighted by Gasteiger charge is 2.21. The fourth-order valence-corrected chi connectivity index (χ4v) is 2.42. The van der Waals surface area contributed by atoms with Crippen molar-refractivity contribution >= 4 is 18.3 Å². The fraction of sp³-hybridized carbons (Fsp3) is 0.500. The molecule has 1 aromatic rings. The zero-order valence-electron chi connectivity index (χ0n) is 10.7. The van der Waals surface area contributed by atoms with E-state index in [1.807, 2.05) is 6.92 Å². The number of rotatable bonds is 4. The second-order valence-corrected chi connectivity index (χ2v) is 5.03. The number of fused-ring (bicyclic) bond motifs is 1. The van der Waals surface area contributed by atoms with E-state index in [2.05, 4.69) is 29.6 Å². The average molecular weight is 269 g/mol. The van der Waals surface area contributed by atoms with Gasteiger partial charge in [-0.15, -0.1) is 12.4 Å². The number of hydrogen-bond donors (Lipinski definition) is 2. The van der Waals surface area contributed by atoms with E-state index in [-0.39, 0.29) is 24.4 Å². The molecule has 1 unspecified atom stereocenters. The smallest absolute Gasteiger partial charge is 0.221 e. The van der Waals surface area contributed by atoms with Crippen molar-refractivity contribution in [3.63, 3.8) is 0 Å². The number of hydrogen-bond acceptors (Lipinski definition) is 2. The third-order valence-electron chi connectivity index (χ3n) is 3.23. The van der Waals surface area contributed by atoms with Crippen LogP contribution in [0.4, 0.5) is 0 Å². The van der Waals surface area contributed by atoms with Gasteiger partial charge in [0.05, 0.1) is 0 Å². The lowest BCUT2D eigenvalue weighted by Crippen LogP contribution is -2.33. The largest absolute Gasteiger partial charge is 0.356 e. The Morgan fingerprint density at radius 3 is 2.44 bits per heavy atom. The second kappa shape index (κ2) is 6.76. The zero-order valence-corrected chi connectivity index (χ0v) is 11.5. The van der Waals surface area contributed by atoms with Gasteiger partial charge in [0.25, 0.3) is 0 Å². The average Bonchev–Trinajstić information content (AvgIpc) is 2.68. The number of nitrogens with two attached hydrogens (primary N) is 1. The molecule has 0 aromatic heterocycles. The molecule has 0 heterocycles. The number of carbonyl (C=O) groups excluding carboxylic acids is 1. The minimum Gasteiger partial charge on any atom is -0.356 e. The normalized spacial score (nSPS) is 15.7. The molecule has 4 heteroatoms. The van der Waals surface area contributed by atoms with Crippen molar-refractivity contribution in [1.82, 2.24) is 5.32 Å². The first kappa shape index (κ1) is 15.0. The van der Waals surface area contributed by atoms with Gasteiger partial charge in [0.1, 0.15) is 0 Å². The summed E-state index contributed by atoms with van der Waals surface area (Å²) in [6, 6.07) is 8.46. The molecule has 3 N–H and O–H groups in total. The van der Waals surface area contributed by atoms with Crippen LogP contribution in [0.1, 0.15) is 24.5 Å². The Bertz CT molecular complexity index is 382. The summed E-state index contributed by atoms with van der Waals surface area (Å²) in [5.74, 6) is 0.611. The summed E-state index contributed by atoms with van der Waals surface area (Å²) < 4.78 is 0. The summed E-state index contributed by atoms with van der Waals surface area (Å²) in [7, 11) is 0. The minimum absolute atomic E-state index is 0. The van der Waals surface area contributed by atoms with Crippen molar-refractivity contribution in [2.24, 2.45) is 11.7 Å². The van der Waals surface area contributed by atoms with E-state index >= 15 is 0 Å². The molecule has 2 rings (SSSR count). The van der Waals surface area contributed by atoms with Gasteiger partial charge in [0.2, 0.25) is 5.91 Å². The Hall–Kier alpha value is -1.06. The summed E-state index contributed by atoms with van der Waals surface area (Å²) in [4.78, 5) is 11.5. The minimum atomic E-state index is -0.0595. The standard InChI is InChI=1S/C14H20N2O.ClH/c1-10(15)6-14(17)16-9-11-7-12-4-2-3-5-13(12)8-11;/h2-5,10-11H,6-9,15H2,1H3,(H,16,17);1H. The van der Waals surface area contributed by atoms with E-state index in [9.17, 15) is 4.79 Å². The third-order valence-corrected chi connectivity index (χ3v) is 3.23. The molecule has 1 aliphatic rings. The first-order chi connectivity index (χ1) is 8.15. The predicted octanol–water partition coefficient (Wildman–Crippen LogP) is 1.68. The van der Waals surface area contributed by atoms with Gasteiger partial charge in [-0.25, -0.2) is 0 Å². The highest BCUT2D eigenvalue weighted by molar-refractivity contribution is 5.85. The summed E-state index contributed by atoms with van der Waals surface area (Å²) >= 11 is 0. The molecule has 100 valence electrons. The summed E-state index contributed by atoms with van der Waals surface area (Å²) in [6.07, 6.45) is 2.57. The Labute approximate surface area is 115 Å². The van der Waals surface area contributed by atoms with Crippen LogP contribution in [0.3, 0.4) is 0 Å². The summed E-state index contributed by atoms with van der Waals surface area (Å²) in [5, 5.41) is 2.97. The maximum absolute atomic E-state index is 11.5. The van der Waals surface area contributed by atoms with Crippen LogP contribution in [-0.2, 0) is 17.6 Å². The molecule has 0 saturated heterocycles. The zero-order chi connectivity index (χ0) is 12.3. The monoisotopic (exact) mass is 268 g/mol. The van der Waals surface area contributed by atoms with Gasteiger partial charge in [-0.2, -0.15) is 0 Å². The molecule has 18 heavy (non-hydrogen) atoms. The van der Waals surface area contributed by atoms with Crippen molar-refractivity contribution in [2.45, 2.75) is 32.2 Å². The lowest BCUT2D eigenvalue weighted by molar-refractivity contribution is -0.121. The van der Waals surface area contributed by atoms with Crippen LogP contribution in [0, 0.1) is 5.92 Å². The van der Waals surface area contributed by atoms with Gasteiger partial charge in [0, 0.05) is 19.0 Å². The molecule has 0 fully saturated rings. The molecule has 3 nitrogen and oxygen atoms in total. The molecule has 0 spiro atoms. The number of benzene rings is 1. The van der Waals surface area contributed by atoms with Crippen LogP contribution >= 0.6 is 12.4 Å². The lowest BCUT2D eigenvalue weighted by atomic mass is 10.1. The highest BCUT2D eigenvalue weighted by atomic mass is 35.5.